The zero-order valence-corrected chi connectivity index (χ0v) is 14.4. The van der Waals surface area contributed by atoms with Crippen LogP contribution in [0.1, 0.15) is 15.9 Å². The molecule has 2 aromatic rings. The van der Waals surface area contributed by atoms with Gasteiger partial charge in [-0.3, -0.25) is 5.43 Å². The van der Waals surface area contributed by atoms with Gasteiger partial charge in [0.15, 0.2) is 16.6 Å². The summed E-state index contributed by atoms with van der Waals surface area (Å²) in [7, 11) is 3.11. The summed E-state index contributed by atoms with van der Waals surface area (Å²) < 4.78 is 24.1. The van der Waals surface area contributed by atoms with E-state index in [-0.39, 0.29) is 11.3 Å². The lowest BCUT2D eigenvalue weighted by atomic mass is 10.2. The molecule has 2 aromatic carbocycles. The van der Waals surface area contributed by atoms with Gasteiger partial charge in [0.1, 0.15) is 5.82 Å². The largest absolute Gasteiger partial charge is 0.493 e. The molecule has 0 aliphatic carbocycles. The van der Waals surface area contributed by atoms with E-state index in [1.807, 2.05) is 0 Å². The minimum Gasteiger partial charge on any atom is -0.493 e. The number of esters is 1. The summed E-state index contributed by atoms with van der Waals surface area (Å²) in [5, 5.41) is 7.04. The topological polar surface area (TPSA) is 72.0 Å². The standard InChI is InChI=1S/C17H16FN3O3S/c1-19-17(25)21-20-10-11-7-8-14(15(9-11)23-2)24-16(22)12-5-3-4-6-13(12)18/h3-10H,1-2H3,(H2,19,21,25)/b20-10-. The Hall–Kier alpha value is -3.00. The number of thiocarbonyl (C=S) groups is 1. The number of carbonyl (C=O) groups is 1. The van der Waals surface area contributed by atoms with Crippen LogP contribution < -0.4 is 20.2 Å². The Labute approximate surface area is 149 Å². The highest BCUT2D eigenvalue weighted by molar-refractivity contribution is 7.80. The van der Waals surface area contributed by atoms with Crippen molar-refractivity contribution in [1.82, 2.24) is 10.7 Å². The van der Waals surface area contributed by atoms with Crippen molar-refractivity contribution in [3.63, 3.8) is 0 Å². The van der Waals surface area contributed by atoms with E-state index in [0.29, 0.717) is 16.4 Å². The van der Waals surface area contributed by atoms with E-state index >= 15 is 0 Å². The summed E-state index contributed by atoms with van der Waals surface area (Å²) in [6, 6.07) is 10.4. The quantitative estimate of drug-likeness (QED) is 0.280. The van der Waals surface area contributed by atoms with Crippen molar-refractivity contribution in [3.05, 3.63) is 59.4 Å². The number of hydrogen-bond donors (Lipinski definition) is 2. The predicted octanol–water partition coefficient (Wildman–Crippen LogP) is 2.48. The van der Waals surface area contributed by atoms with Gasteiger partial charge in [-0.05, 0) is 48.1 Å². The smallest absolute Gasteiger partial charge is 0.346 e. The van der Waals surface area contributed by atoms with Gasteiger partial charge in [-0.25, -0.2) is 9.18 Å². The van der Waals surface area contributed by atoms with Crippen LogP contribution in [0.15, 0.2) is 47.6 Å². The number of nitrogens with zero attached hydrogens (tertiary/aromatic N) is 1. The maximum absolute atomic E-state index is 13.7. The number of rotatable bonds is 5. The van der Waals surface area contributed by atoms with Gasteiger partial charge in [-0.2, -0.15) is 5.10 Å². The molecule has 25 heavy (non-hydrogen) atoms. The Kier molecular flexibility index (Phi) is 6.41. The van der Waals surface area contributed by atoms with Crippen LogP contribution in [0.4, 0.5) is 4.39 Å². The number of ether oxygens (including phenoxy) is 2. The van der Waals surface area contributed by atoms with Crippen LogP contribution in [0.2, 0.25) is 0 Å². The van der Waals surface area contributed by atoms with Crippen molar-refractivity contribution in [1.29, 1.82) is 0 Å². The Morgan fingerprint density at radius 1 is 1.24 bits per heavy atom. The lowest BCUT2D eigenvalue weighted by molar-refractivity contribution is 0.0725. The second-order valence-electron chi connectivity index (χ2n) is 4.73. The van der Waals surface area contributed by atoms with Crippen LogP contribution in [0, 0.1) is 5.82 Å². The third-order valence-electron chi connectivity index (χ3n) is 3.09. The Morgan fingerprint density at radius 2 is 2.00 bits per heavy atom. The summed E-state index contributed by atoms with van der Waals surface area (Å²) in [5.74, 6) is -0.975. The number of hydrogen-bond acceptors (Lipinski definition) is 5. The monoisotopic (exact) mass is 361 g/mol. The van der Waals surface area contributed by atoms with E-state index in [2.05, 4.69) is 15.8 Å². The molecule has 0 aliphatic rings. The second-order valence-corrected chi connectivity index (χ2v) is 5.14. The third kappa shape index (κ3) is 4.98. The lowest BCUT2D eigenvalue weighted by Crippen LogP contribution is -2.28. The summed E-state index contributed by atoms with van der Waals surface area (Å²) in [4.78, 5) is 12.1. The highest BCUT2D eigenvalue weighted by atomic mass is 32.1. The first-order valence-electron chi connectivity index (χ1n) is 7.20. The third-order valence-corrected chi connectivity index (χ3v) is 3.39. The number of benzene rings is 2. The van der Waals surface area contributed by atoms with Crippen LogP contribution >= 0.6 is 12.2 Å². The van der Waals surface area contributed by atoms with Gasteiger partial charge in [-0.1, -0.05) is 12.1 Å². The Balaban J connectivity index is 2.15. The fourth-order valence-corrected chi connectivity index (χ4v) is 1.90. The molecule has 2 rings (SSSR count). The van der Waals surface area contributed by atoms with Crippen molar-refractivity contribution in [2.45, 2.75) is 0 Å². The lowest BCUT2D eigenvalue weighted by Gasteiger charge is -2.10. The van der Waals surface area contributed by atoms with Crippen LogP contribution in [-0.2, 0) is 0 Å². The zero-order chi connectivity index (χ0) is 18.2. The number of nitrogens with one attached hydrogen (secondary N) is 2. The van der Waals surface area contributed by atoms with E-state index < -0.39 is 11.8 Å². The first-order valence-corrected chi connectivity index (χ1v) is 7.61. The van der Waals surface area contributed by atoms with Crippen molar-refractivity contribution < 1.29 is 18.7 Å². The molecule has 0 bridgehead atoms. The molecule has 0 amide bonds. The van der Waals surface area contributed by atoms with Crippen molar-refractivity contribution in [2.24, 2.45) is 5.10 Å². The maximum atomic E-state index is 13.7. The molecular weight excluding hydrogens is 345 g/mol. The molecule has 8 heteroatoms. The molecule has 0 heterocycles. The Bertz CT molecular complexity index is 811. The fourth-order valence-electron chi connectivity index (χ4n) is 1.85. The van der Waals surface area contributed by atoms with Crippen LogP contribution in [-0.4, -0.2) is 31.5 Å². The minimum absolute atomic E-state index is 0.153. The van der Waals surface area contributed by atoms with Crippen LogP contribution in [0.25, 0.3) is 0 Å². The van der Waals surface area contributed by atoms with E-state index in [4.69, 9.17) is 21.7 Å². The average molecular weight is 361 g/mol. The number of hydrazone groups is 1. The molecule has 0 radical (unpaired) electrons. The van der Waals surface area contributed by atoms with E-state index in [1.165, 1.54) is 37.6 Å². The fraction of sp³-hybridized carbons (Fsp3) is 0.118. The number of methoxy groups -OCH3 is 1. The highest BCUT2D eigenvalue weighted by Crippen LogP contribution is 2.28. The molecule has 0 atom stereocenters. The van der Waals surface area contributed by atoms with E-state index in [9.17, 15) is 9.18 Å². The van der Waals surface area contributed by atoms with Gasteiger partial charge in [0.05, 0.1) is 18.9 Å². The first-order chi connectivity index (χ1) is 12.0. The van der Waals surface area contributed by atoms with E-state index in [0.717, 1.165) is 0 Å². The first kappa shape index (κ1) is 18.3. The van der Waals surface area contributed by atoms with Gasteiger partial charge in [-0.15, -0.1) is 0 Å². The van der Waals surface area contributed by atoms with Crippen molar-refractivity contribution in [2.75, 3.05) is 14.2 Å². The molecule has 2 N–H and O–H groups in total. The molecule has 0 aliphatic heterocycles. The molecular formula is C17H16FN3O3S. The molecule has 0 spiro atoms. The van der Waals surface area contributed by atoms with Gasteiger partial charge < -0.3 is 14.8 Å². The number of halogens is 1. The number of carbonyl (C=O) groups excluding carboxylic acids is 1. The molecule has 0 fully saturated rings. The molecule has 6 nitrogen and oxygen atoms in total. The maximum Gasteiger partial charge on any atom is 0.346 e. The predicted molar refractivity (Wildman–Crippen MR) is 96.7 cm³/mol. The molecule has 0 unspecified atom stereocenters. The summed E-state index contributed by atoms with van der Waals surface area (Å²) in [5.41, 5.74) is 3.15. The van der Waals surface area contributed by atoms with Gasteiger partial charge in [0.2, 0.25) is 0 Å². The van der Waals surface area contributed by atoms with E-state index in [1.54, 1.807) is 25.2 Å². The molecule has 0 saturated heterocycles. The zero-order valence-electron chi connectivity index (χ0n) is 13.6. The SMILES string of the molecule is CNC(=S)N/N=C\c1ccc(OC(=O)c2ccccc2F)c(OC)c1. The van der Waals surface area contributed by atoms with Crippen LogP contribution in [0.5, 0.6) is 11.5 Å². The minimum atomic E-state index is -0.807. The summed E-state index contributed by atoms with van der Waals surface area (Å²) in [6.45, 7) is 0. The van der Waals surface area contributed by atoms with Gasteiger partial charge in [0, 0.05) is 7.05 Å². The summed E-state index contributed by atoms with van der Waals surface area (Å²) in [6.07, 6.45) is 1.52. The van der Waals surface area contributed by atoms with Gasteiger partial charge >= 0.3 is 5.97 Å². The Morgan fingerprint density at radius 3 is 2.68 bits per heavy atom. The van der Waals surface area contributed by atoms with Gasteiger partial charge in [0.25, 0.3) is 0 Å². The summed E-state index contributed by atoms with van der Waals surface area (Å²) >= 11 is 4.90. The molecule has 0 saturated carbocycles. The normalized spacial score (nSPS) is 10.4. The highest BCUT2D eigenvalue weighted by Gasteiger charge is 2.16. The van der Waals surface area contributed by atoms with Crippen molar-refractivity contribution >= 4 is 29.5 Å². The average Bonchev–Trinajstić information content (AvgIpc) is 2.62. The van der Waals surface area contributed by atoms with Crippen LogP contribution in [0.3, 0.4) is 0 Å². The molecule has 130 valence electrons. The second kappa shape index (κ2) is 8.74. The molecule has 0 aromatic heterocycles. The van der Waals surface area contributed by atoms with Crippen molar-refractivity contribution in [3.8, 4) is 11.5 Å².